The molecule has 2 rings (SSSR count). The molecule has 0 amide bonds. The highest BCUT2D eigenvalue weighted by atomic mass is 35.5. The summed E-state index contributed by atoms with van der Waals surface area (Å²) in [5.74, 6) is 0.605. The van der Waals surface area contributed by atoms with Gasteiger partial charge in [-0.3, -0.25) is 4.90 Å². The van der Waals surface area contributed by atoms with E-state index in [9.17, 15) is 0 Å². The van der Waals surface area contributed by atoms with Crippen LogP contribution in [0.15, 0.2) is 18.2 Å². The number of rotatable bonds is 3. The molecule has 1 aromatic rings. The van der Waals surface area contributed by atoms with Gasteiger partial charge in [0, 0.05) is 28.7 Å². The van der Waals surface area contributed by atoms with Gasteiger partial charge in [0.05, 0.1) is 0 Å². The highest BCUT2D eigenvalue weighted by Gasteiger charge is 2.32. The highest BCUT2D eigenvalue weighted by molar-refractivity contribution is 6.35. The summed E-state index contributed by atoms with van der Waals surface area (Å²) in [5.41, 5.74) is 6.92. The molecule has 1 heterocycles. The van der Waals surface area contributed by atoms with Crippen LogP contribution in [0.4, 0.5) is 0 Å². The van der Waals surface area contributed by atoms with Gasteiger partial charge in [-0.15, -0.1) is 12.4 Å². The summed E-state index contributed by atoms with van der Waals surface area (Å²) >= 11 is 12.2. The summed E-state index contributed by atoms with van der Waals surface area (Å²) in [6, 6.07) is 6.61. The Kier molecular flexibility index (Phi) is 6.41. The summed E-state index contributed by atoms with van der Waals surface area (Å²) in [6.45, 7) is 6.28. The summed E-state index contributed by atoms with van der Waals surface area (Å²) < 4.78 is 0. The fraction of sp³-hybridized carbons (Fsp3) is 0.571. The van der Waals surface area contributed by atoms with Gasteiger partial charge in [0.2, 0.25) is 0 Å². The van der Waals surface area contributed by atoms with E-state index in [2.05, 4.69) is 18.7 Å². The Hall–Kier alpha value is 0.01000. The van der Waals surface area contributed by atoms with Crippen LogP contribution in [0.25, 0.3) is 0 Å². The van der Waals surface area contributed by atoms with Crippen molar-refractivity contribution in [1.29, 1.82) is 0 Å². The second-order valence-electron chi connectivity index (χ2n) is 5.23. The van der Waals surface area contributed by atoms with E-state index in [1.165, 1.54) is 6.42 Å². The largest absolute Gasteiger partial charge is 0.330 e. The van der Waals surface area contributed by atoms with E-state index in [1.807, 2.05) is 18.2 Å². The van der Waals surface area contributed by atoms with Crippen molar-refractivity contribution < 1.29 is 0 Å². The molecule has 108 valence electrons. The number of hydrogen-bond donors (Lipinski definition) is 1. The topological polar surface area (TPSA) is 29.3 Å². The quantitative estimate of drug-likeness (QED) is 0.905. The van der Waals surface area contributed by atoms with Gasteiger partial charge in [-0.25, -0.2) is 0 Å². The molecule has 3 atom stereocenters. The van der Waals surface area contributed by atoms with Crippen molar-refractivity contribution in [2.75, 3.05) is 13.1 Å². The lowest BCUT2D eigenvalue weighted by atomic mass is 10.1. The summed E-state index contributed by atoms with van der Waals surface area (Å²) in [6.07, 6.45) is 1.17. The molecule has 0 radical (unpaired) electrons. The molecule has 2 nitrogen and oxygen atoms in total. The van der Waals surface area contributed by atoms with E-state index >= 15 is 0 Å². The summed E-state index contributed by atoms with van der Waals surface area (Å²) in [4.78, 5) is 2.48. The van der Waals surface area contributed by atoms with E-state index in [0.29, 0.717) is 23.0 Å². The Morgan fingerprint density at radius 2 is 2.11 bits per heavy atom. The van der Waals surface area contributed by atoms with Gasteiger partial charge in [-0.05, 0) is 50.4 Å². The molecule has 5 heteroatoms. The Bertz CT molecular complexity index is 425. The van der Waals surface area contributed by atoms with Crippen molar-refractivity contribution in [2.45, 2.75) is 32.4 Å². The van der Waals surface area contributed by atoms with Crippen molar-refractivity contribution in [3.63, 3.8) is 0 Å². The average molecular weight is 324 g/mol. The van der Waals surface area contributed by atoms with Gasteiger partial charge in [0.25, 0.3) is 0 Å². The SMILES string of the molecule is CC1CC(CN)CN1C(C)c1ccc(Cl)cc1Cl.Cl. The lowest BCUT2D eigenvalue weighted by Crippen LogP contribution is -2.31. The predicted octanol–water partition coefficient (Wildman–Crippen LogP) is 4.15. The third-order valence-corrected chi connectivity index (χ3v) is 4.52. The standard InChI is InChI=1S/C14H20Cl2N2.ClH/c1-9-5-11(7-17)8-18(9)10(2)13-4-3-12(15)6-14(13)16;/h3-4,6,9-11H,5,7-8,17H2,1-2H3;1H. The summed E-state index contributed by atoms with van der Waals surface area (Å²) in [5, 5.41) is 1.43. The van der Waals surface area contributed by atoms with Gasteiger partial charge in [0.1, 0.15) is 0 Å². The van der Waals surface area contributed by atoms with Gasteiger partial charge >= 0.3 is 0 Å². The maximum absolute atomic E-state index is 6.28. The molecular weight excluding hydrogens is 303 g/mol. The van der Waals surface area contributed by atoms with E-state index in [0.717, 1.165) is 23.7 Å². The van der Waals surface area contributed by atoms with Crippen LogP contribution in [0.1, 0.15) is 31.9 Å². The predicted molar refractivity (Wildman–Crippen MR) is 85.5 cm³/mol. The van der Waals surface area contributed by atoms with Crippen LogP contribution in [0.5, 0.6) is 0 Å². The second-order valence-corrected chi connectivity index (χ2v) is 6.07. The fourth-order valence-corrected chi connectivity index (χ4v) is 3.47. The normalized spacial score (nSPS) is 25.1. The van der Waals surface area contributed by atoms with Crippen molar-refractivity contribution in [2.24, 2.45) is 11.7 Å². The number of nitrogens with zero attached hydrogens (tertiary/aromatic N) is 1. The third-order valence-electron chi connectivity index (χ3n) is 3.95. The lowest BCUT2D eigenvalue weighted by Gasteiger charge is -2.29. The first-order chi connectivity index (χ1) is 8.52. The minimum Gasteiger partial charge on any atom is -0.330 e. The highest BCUT2D eigenvalue weighted by Crippen LogP contribution is 2.35. The average Bonchev–Trinajstić information content (AvgIpc) is 2.70. The fourth-order valence-electron chi connectivity index (χ4n) is 2.90. The van der Waals surface area contributed by atoms with Crippen LogP contribution in [-0.4, -0.2) is 24.0 Å². The Morgan fingerprint density at radius 3 is 2.63 bits per heavy atom. The molecule has 1 fully saturated rings. The third kappa shape index (κ3) is 3.77. The number of benzene rings is 1. The van der Waals surface area contributed by atoms with Crippen LogP contribution in [0.2, 0.25) is 10.0 Å². The van der Waals surface area contributed by atoms with Gasteiger partial charge < -0.3 is 5.73 Å². The maximum Gasteiger partial charge on any atom is 0.0468 e. The minimum atomic E-state index is 0. The smallest absolute Gasteiger partial charge is 0.0468 e. The van der Waals surface area contributed by atoms with E-state index < -0.39 is 0 Å². The number of hydrogen-bond acceptors (Lipinski definition) is 2. The zero-order valence-electron chi connectivity index (χ0n) is 11.3. The van der Waals surface area contributed by atoms with Crippen LogP contribution in [-0.2, 0) is 0 Å². The molecule has 0 aromatic heterocycles. The maximum atomic E-state index is 6.28. The number of halogens is 3. The summed E-state index contributed by atoms with van der Waals surface area (Å²) in [7, 11) is 0. The second kappa shape index (κ2) is 7.14. The van der Waals surface area contributed by atoms with E-state index in [4.69, 9.17) is 28.9 Å². The molecule has 0 bridgehead atoms. The van der Waals surface area contributed by atoms with Crippen LogP contribution < -0.4 is 5.73 Å². The molecule has 19 heavy (non-hydrogen) atoms. The minimum absolute atomic E-state index is 0. The Labute approximate surface area is 131 Å². The van der Waals surface area contributed by atoms with Crippen LogP contribution >= 0.6 is 35.6 Å². The van der Waals surface area contributed by atoms with E-state index in [1.54, 1.807) is 0 Å². The van der Waals surface area contributed by atoms with Crippen LogP contribution in [0, 0.1) is 5.92 Å². The van der Waals surface area contributed by atoms with Crippen molar-refractivity contribution >= 4 is 35.6 Å². The van der Waals surface area contributed by atoms with Crippen molar-refractivity contribution in [3.8, 4) is 0 Å². The monoisotopic (exact) mass is 322 g/mol. The van der Waals surface area contributed by atoms with E-state index in [-0.39, 0.29) is 12.4 Å². The Balaban J connectivity index is 0.00000180. The molecule has 1 aliphatic rings. The molecule has 0 saturated carbocycles. The number of nitrogens with two attached hydrogens (primary N) is 1. The van der Waals surface area contributed by atoms with Gasteiger partial charge in [-0.2, -0.15) is 0 Å². The molecule has 1 saturated heterocycles. The van der Waals surface area contributed by atoms with Gasteiger partial charge in [-0.1, -0.05) is 29.3 Å². The molecular formula is C14H21Cl3N2. The van der Waals surface area contributed by atoms with Crippen molar-refractivity contribution in [1.82, 2.24) is 4.90 Å². The first-order valence-electron chi connectivity index (χ1n) is 6.43. The number of likely N-dealkylation sites (tertiary alicyclic amines) is 1. The lowest BCUT2D eigenvalue weighted by molar-refractivity contribution is 0.201. The zero-order valence-corrected chi connectivity index (χ0v) is 13.6. The molecule has 3 unspecified atom stereocenters. The first-order valence-corrected chi connectivity index (χ1v) is 7.19. The molecule has 1 aromatic carbocycles. The Morgan fingerprint density at radius 1 is 1.42 bits per heavy atom. The molecule has 2 N–H and O–H groups in total. The first kappa shape index (κ1) is 17.1. The zero-order chi connectivity index (χ0) is 13.3. The van der Waals surface area contributed by atoms with Gasteiger partial charge in [0.15, 0.2) is 0 Å². The molecule has 0 aliphatic carbocycles. The van der Waals surface area contributed by atoms with Crippen LogP contribution in [0.3, 0.4) is 0 Å². The van der Waals surface area contributed by atoms with Crippen molar-refractivity contribution in [3.05, 3.63) is 33.8 Å². The molecule has 1 aliphatic heterocycles. The molecule has 0 spiro atoms.